The third kappa shape index (κ3) is 4.94. The first-order valence-corrected chi connectivity index (χ1v) is 8.59. The van der Waals surface area contributed by atoms with E-state index in [2.05, 4.69) is 10.6 Å². The molecule has 1 aliphatic rings. The summed E-state index contributed by atoms with van der Waals surface area (Å²) in [5, 5.41) is 5.56. The van der Waals surface area contributed by atoms with Crippen LogP contribution in [0.25, 0.3) is 0 Å². The second-order valence-corrected chi connectivity index (χ2v) is 6.55. The van der Waals surface area contributed by atoms with Crippen molar-refractivity contribution in [3.8, 4) is 0 Å². The minimum absolute atomic E-state index is 0. The topological polar surface area (TPSA) is 71.3 Å². The number of benzene rings is 1. The highest BCUT2D eigenvalue weighted by molar-refractivity contribution is 6.04. The molecule has 0 unspecified atom stereocenters. The van der Waals surface area contributed by atoms with Crippen molar-refractivity contribution in [1.82, 2.24) is 5.32 Å². The molecule has 2 heterocycles. The Balaban J connectivity index is 0.00000280. The van der Waals surface area contributed by atoms with E-state index in [1.807, 2.05) is 0 Å². The van der Waals surface area contributed by atoms with Gasteiger partial charge in [-0.05, 0) is 62.7 Å². The van der Waals surface area contributed by atoms with Gasteiger partial charge in [-0.2, -0.15) is 13.2 Å². The zero-order valence-corrected chi connectivity index (χ0v) is 15.9. The number of hydrogen-bond acceptors (Lipinski definition) is 4. The molecule has 0 radical (unpaired) electrons. The maximum absolute atomic E-state index is 12.8. The van der Waals surface area contributed by atoms with Crippen molar-refractivity contribution in [3.63, 3.8) is 0 Å². The summed E-state index contributed by atoms with van der Waals surface area (Å²) in [5.41, 5.74) is -1.48. The Morgan fingerprint density at radius 2 is 1.89 bits per heavy atom. The van der Waals surface area contributed by atoms with Gasteiger partial charge in [0.15, 0.2) is 0 Å². The number of aryl methyl sites for hydroxylation is 1. The number of amides is 1. The van der Waals surface area contributed by atoms with Crippen LogP contribution in [0.4, 0.5) is 18.9 Å². The number of nitrogens with one attached hydrogen (secondary N) is 2. The lowest BCUT2D eigenvalue weighted by Crippen LogP contribution is -2.28. The number of rotatable bonds is 3. The Hall–Kier alpha value is -2.32. The standard InChI is InChI=1S/C19H19F3N2O3.ClH/c1-11-9-15(12-5-7-23-8-6-12)27-18(26)16(11)17(25)24-14-4-2-3-13(10-14)19(20,21)22;/h2-4,9-10,12,23H,5-8H2,1H3,(H,24,25);1H. The van der Waals surface area contributed by atoms with E-state index < -0.39 is 23.3 Å². The summed E-state index contributed by atoms with van der Waals surface area (Å²) in [7, 11) is 0. The number of carbonyl (C=O) groups excluding carboxylic acids is 1. The quantitative estimate of drug-likeness (QED) is 0.790. The molecule has 28 heavy (non-hydrogen) atoms. The highest BCUT2D eigenvalue weighted by Crippen LogP contribution is 2.31. The lowest BCUT2D eigenvalue weighted by Gasteiger charge is -2.22. The molecule has 0 atom stereocenters. The minimum atomic E-state index is -4.52. The van der Waals surface area contributed by atoms with Crippen LogP contribution >= 0.6 is 12.4 Å². The lowest BCUT2D eigenvalue weighted by molar-refractivity contribution is -0.137. The molecule has 3 rings (SSSR count). The van der Waals surface area contributed by atoms with Crippen LogP contribution in [0.3, 0.4) is 0 Å². The van der Waals surface area contributed by atoms with Gasteiger partial charge in [0.05, 0.1) is 5.56 Å². The molecule has 2 N–H and O–H groups in total. The SMILES string of the molecule is Cc1cc(C2CCNCC2)oc(=O)c1C(=O)Nc1cccc(C(F)(F)F)c1.Cl. The summed E-state index contributed by atoms with van der Waals surface area (Å²) < 4.78 is 43.7. The van der Waals surface area contributed by atoms with Crippen molar-refractivity contribution in [3.05, 3.63) is 63.2 Å². The molecule has 1 aliphatic heterocycles. The summed E-state index contributed by atoms with van der Waals surface area (Å²) in [4.78, 5) is 24.8. The van der Waals surface area contributed by atoms with E-state index in [1.165, 1.54) is 12.1 Å². The molecule has 1 saturated heterocycles. The molecule has 152 valence electrons. The van der Waals surface area contributed by atoms with Gasteiger partial charge in [-0.25, -0.2) is 4.79 Å². The fourth-order valence-corrected chi connectivity index (χ4v) is 3.18. The molecule has 5 nitrogen and oxygen atoms in total. The number of anilines is 1. The lowest BCUT2D eigenvalue weighted by atomic mass is 9.94. The Morgan fingerprint density at radius 3 is 2.50 bits per heavy atom. The van der Waals surface area contributed by atoms with Gasteiger partial charge in [-0.15, -0.1) is 12.4 Å². The summed E-state index contributed by atoms with van der Waals surface area (Å²) in [5.74, 6) is -0.148. The van der Waals surface area contributed by atoms with E-state index in [0.717, 1.165) is 38.1 Å². The summed E-state index contributed by atoms with van der Waals surface area (Å²) in [6.07, 6.45) is -2.86. The molecule has 2 aromatic rings. The van der Waals surface area contributed by atoms with Crippen LogP contribution in [0, 0.1) is 6.92 Å². The first-order valence-electron chi connectivity index (χ1n) is 8.59. The second-order valence-electron chi connectivity index (χ2n) is 6.55. The zero-order chi connectivity index (χ0) is 19.6. The van der Waals surface area contributed by atoms with Gasteiger partial charge in [0, 0.05) is 11.6 Å². The second kappa shape index (κ2) is 8.79. The third-order valence-electron chi connectivity index (χ3n) is 4.58. The molecule has 9 heteroatoms. The van der Waals surface area contributed by atoms with Gasteiger partial charge in [0.2, 0.25) is 0 Å². The van der Waals surface area contributed by atoms with Crippen molar-refractivity contribution in [2.24, 2.45) is 0 Å². The van der Waals surface area contributed by atoms with Crippen LogP contribution in [0.5, 0.6) is 0 Å². The van der Waals surface area contributed by atoms with Gasteiger partial charge >= 0.3 is 11.8 Å². The van der Waals surface area contributed by atoms with Crippen LogP contribution in [0.15, 0.2) is 39.5 Å². The van der Waals surface area contributed by atoms with Crippen molar-refractivity contribution < 1.29 is 22.4 Å². The van der Waals surface area contributed by atoms with Gasteiger partial charge in [0.25, 0.3) is 5.91 Å². The number of halogens is 4. The molecule has 1 aromatic heterocycles. The molecule has 0 spiro atoms. The number of alkyl halides is 3. The predicted octanol–water partition coefficient (Wildman–Crippen LogP) is 4.11. The Kier molecular flexibility index (Phi) is 6.90. The molecule has 1 aromatic carbocycles. The smallest absolute Gasteiger partial charge is 0.416 e. The van der Waals surface area contributed by atoms with Gasteiger partial charge in [-0.1, -0.05) is 6.07 Å². The van der Waals surface area contributed by atoms with Crippen molar-refractivity contribution in [2.45, 2.75) is 31.9 Å². The van der Waals surface area contributed by atoms with Crippen LogP contribution in [-0.2, 0) is 6.18 Å². The average Bonchev–Trinajstić information content (AvgIpc) is 2.61. The monoisotopic (exact) mass is 416 g/mol. The third-order valence-corrected chi connectivity index (χ3v) is 4.58. The molecule has 0 saturated carbocycles. The summed E-state index contributed by atoms with van der Waals surface area (Å²) in [6, 6.07) is 5.90. The van der Waals surface area contributed by atoms with Gasteiger partial charge < -0.3 is 15.1 Å². The van der Waals surface area contributed by atoms with Crippen LogP contribution in [0.1, 0.15) is 46.0 Å². The highest BCUT2D eigenvalue weighted by Gasteiger charge is 2.30. The summed E-state index contributed by atoms with van der Waals surface area (Å²) in [6.45, 7) is 3.26. The Bertz CT molecular complexity index is 906. The van der Waals surface area contributed by atoms with E-state index >= 15 is 0 Å². The summed E-state index contributed by atoms with van der Waals surface area (Å²) >= 11 is 0. The molecule has 1 amide bonds. The number of piperidine rings is 1. The normalized spacial score (nSPS) is 15.0. The fourth-order valence-electron chi connectivity index (χ4n) is 3.18. The van der Waals surface area contributed by atoms with Crippen molar-refractivity contribution >= 4 is 24.0 Å². The van der Waals surface area contributed by atoms with Gasteiger partial charge in [0.1, 0.15) is 11.3 Å². The minimum Gasteiger partial charge on any atom is -0.427 e. The van der Waals surface area contributed by atoms with Crippen LogP contribution < -0.4 is 16.3 Å². The number of hydrogen-bond donors (Lipinski definition) is 2. The van der Waals surface area contributed by atoms with E-state index in [9.17, 15) is 22.8 Å². The van der Waals surface area contributed by atoms with E-state index in [4.69, 9.17) is 4.42 Å². The number of carbonyl (C=O) groups is 1. The van der Waals surface area contributed by atoms with E-state index in [1.54, 1.807) is 13.0 Å². The highest BCUT2D eigenvalue weighted by atomic mass is 35.5. The molecular formula is C19H20ClF3N2O3. The first kappa shape index (κ1) is 22.0. The van der Waals surface area contributed by atoms with E-state index in [0.29, 0.717) is 11.3 Å². The Morgan fingerprint density at radius 1 is 1.21 bits per heavy atom. The average molecular weight is 417 g/mol. The van der Waals surface area contributed by atoms with E-state index in [-0.39, 0.29) is 29.6 Å². The maximum atomic E-state index is 12.8. The Labute approximate surface area is 165 Å². The van der Waals surface area contributed by atoms with Crippen LogP contribution in [-0.4, -0.2) is 19.0 Å². The fraction of sp³-hybridized carbons (Fsp3) is 0.368. The van der Waals surface area contributed by atoms with Gasteiger partial charge in [-0.3, -0.25) is 4.79 Å². The van der Waals surface area contributed by atoms with Crippen molar-refractivity contribution in [1.29, 1.82) is 0 Å². The molecular weight excluding hydrogens is 397 g/mol. The molecule has 0 bridgehead atoms. The molecule has 0 aliphatic carbocycles. The van der Waals surface area contributed by atoms with Crippen molar-refractivity contribution in [2.75, 3.05) is 18.4 Å². The predicted molar refractivity (Wildman–Crippen MR) is 101 cm³/mol. The maximum Gasteiger partial charge on any atom is 0.416 e. The largest absolute Gasteiger partial charge is 0.427 e. The first-order chi connectivity index (χ1) is 12.8. The van der Waals surface area contributed by atoms with Crippen LogP contribution in [0.2, 0.25) is 0 Å². The molecule has 1 fully saturated rings. The zero-order valence-electron chi connectivity index (χ0n) is 15.1.